The standard InChI is InChI=1S/C9H9BrN2O/c1-13-12-6-7-2-3-9(10)4-8(7)5-11/h2-4,12H,6H2,1H3. The van der Waals surface area contributed by atoms with Crippen molar-refractivity contribution in [1.29, 1.82) is 5.26 Å². The first-order chi connectivity index (χ1) is 6.27. The van der Waals surface area contributed by atoms with Gasteiger partial charge in [0.25, 0.3) is 0 Å². The summed E-state index contributed by atoms with van der Waals surface area (Å²) in [7, 11) is 1.55. The van der Waals surface area contributed by atoms with Gasteiger partial charge in [-0.25, -0.2) is 0 Å². The smallest absolute Gasteiger partial charge is 0.0995 e. The van der Waals surface area contributed by atoms with E-state index in [-0.39, 0.29) is 0 Å². The van der Waals surface area contributed by atoms with Crippen LogP contribution in [0.4, 0.5) is 0 Å². The first-order valence-corrected chi connectivity index (χ1v) is 4.51. The Balaban J connectivity index is 2.88. The molecule has 0 heterocycles. The summed E-state index contributed by atoms with van der Waals surface area (Å²) in [4.78, 5) is 4.70. The third-order valence-corrected chi connectivity index (χ3v) is 2.09. The van der Waals surface area contributed by atoms with Crippen molar-refractivity contribution in [3.05, 3.63) is 33.8 Å². The minimum Gasteiger partial charge on any atom is -0.305 e. The van der Waals surface area contributed by atoms with E-state index in [2.05, 4.69) is 27.5 Å². The average molecular weight is 241 g/mol. The van der Waals surface area contributed by atoms with E-state index in [0.717, 1.165) is 10.0 Å². The van der Waals surface area contributed by atoms with E-state index in [1.807, 2.05) is 12.1 Å². The highest BCUT2D eigenvalue weighted by Crippen LogP contribution is 2.15. The van der Waals surface area contributed by atoms with Gasteiger partial charge in [-0.05, 0) is 17.7 Å². The summed E-state index contributed by atoms with van der Waals surface area (Å²) in [6.45, 7) is 0.534. The highest BCUT2D eigenvalue weighted by molar-refractivity contribution is 9.10. The molecule has 0 spiro atoms. The van der Waals surface area contributed by atoms with Gasteiger partial charge in [0.05, 0.1) is 18.7 Å². The molecule has 1 N–H and O–H groups in total. The van der Waals surface area contributed by atoms with Crippen LogP contribution in [0.1, 0.15) is 11.1 Å². The van der Waals surface area contributed by atoms with E-state index in [1.54, 1.807) is 13.2 Å². The van der Waals surface area contributed by atoms with Crippen molar-refractivity contribution >= 4 is 15.9 Å². The van der Waals surface area contributed by atoms with Crippen molar-refractivity contribution in [2.24, 2.45) is 0 Å². The number of hydrogen-bond donors (Lipinski definition) is 1. The number of benzene rings is 1. The fraction of sp³-hybridized carbons (Fsp3) is 0.222. The van der Waals surface area contributed by atoms with Crippen molar-refractivity contribution in [2.45, 2.75) is 6.54 Å². The van der Waals surface area contributed by atoms with Crippen LogP contribution < -0.4 is 5.48 Å². The zero-order valence-electron chi connectivity index (χ0n) is 7.17. The van der Waals surface area contributed by atoms with E-state index in [0.29, 0.717) is 12.1 Å². The molecule has 68 valence electrons. The summed E-state index contributed by atoms with van der Waals surface area (Å²) in [6, 6.07) is 7.68. The summed E-state index contributed by atoms with van der Waals surface area (Å²) in [5, 5.41) is 8.80. The monoisotopic (exact) mass is 240 g/mol. The first kappa shape index (κ1) is 10.2. The van der Waals surface area contributed by atoms with Crippen LogP contribution in [0.5, 0.6) is 0 Å². The van der Waals surface area contributed by atoms with Crippen molar-refractivity contribution < 1.29 is 4.84 Å². The molecule has 1 aromatic carbocycles. The van der Waals surface area contributed by atoms with Gasteiger partial charge in [0.2, 0.25) is 0 Å². The molecule has 0 atom stereocenters. The Hall–Kier alpha value is -0.890. The van der Waals surface area contributed by atoms with E-state index in [1.165, 1.54) is 0 Å². The molecule has 1 rings (SSSR count). The maximum atomic E-state index is 8.80. The number of hydroxylamine groups is 1. The molecule has 0 radical (unpaired) electrons. The topological polar surface area (TPSA) is 45.0 Å². The lowest BCUT2D eigenvalue weighted by atomic mass is 10.1. The molecule has 0 aromatic heterocycles. The van der Waals surface area contributed by atoms with Gasteiger partial charge in [-0.3, -0.25) is 0 Å². The maximum absolute atomic E-state index is 8.80. The van der Waals surface area contributed by atoms with Gasteiger partial charge >= 0.3 is 0 Å². The van der Waals surface area contributed by atoms with Crippen LogP contribution in [-0.2, 0) is 11.4 Å². The van der Waals surface area contributed by atoms with Gasteiger partial charge in [-0.2, -0.15) is 10.7 Å². The van der Waals surface area contributed by atoms with Crippen LogP contribution in [0.15, 0.2) is 22.7 Å². The molecule has 13 heavy (non-hydrogen) atoms. The molecule has 1 aromatic rings. The zero-order valence-corrected chi connectivity index (χ0v) is 8.76. The Morgan fingerprint density at radius 3 is 3.00 bits per heavy atom. The maximum Gasteiger partial charge on any atom is 0.0995 e. The number of rotatable bonds is 3. The number of nitriles is 1. The van der Waals surface area contributed by atoms with Crippen LogP contribution in [0, 0.1) is 11.3 Å². The molecule has 4 heteroatoms. The zero-order chi connectivity index (χ0) is 9.68. The minimum atomic E-state index is 0.534. The third kappa shape index (κ3) is 2.81. The minimum absolute atomic E-state index is 0.534. The van der Waals surface area contributed by atoms with Crippen molar-refractivity contribution in [1.82, 2.24) is 5.48 Å². The van der Waals surface area contributed by atoms with Crippen LogP contribution in [0.25, 0.3) is 0 Å². The lowest BCUT2D eigenvalue weighted by Crippen LogP contribution is -2.11. The first-order valence-electron chi connectivity index (χ1n) is 3.72. The molecule has 0 saturated carbocycles. The number of hydrogen-bond acceptors (Lipinski definition) is 3. The second-order valence-electron chi connectivity index (χ2n) is 2.44. The highest BCUT2D eigenvalue weighted by Gasteiger charge is 2.01. The normalized spacial score (nSPS) is 9.62. The quantitative estimate of drug-likeness (QED) is 0.823. The van der Waals surface area contributed by atoms with Crippen LogP contribution in [0.2, 0.25) is 0 Å². The fourth-order valence-electron chi connectivity index (χ4n) is 0.957. The van der Waals surface area contributed by atoms with Crippen molar-refractivity contribution in [3.8, 4) is 6.07 Å². The van der Waals surface area contributed by atoms with Gasteiger partial charge < -0.3 is 4.84 Å². The Bertz CT molecular complexity index is 333. The molecule has 0 bridgehead atoms. The molecule has 0 aliphatic carbocycles. The van der Waals surface area contributed by atoms with Crippen LogP contribution >= 0.6 is 15.9 Å². The molecule has 0 unspecified atom stereocenters. The van der Waals surface area contributed by atoms with E-state index in [9.17, 15) is 0 Å². The Morgan fingerprint density at radius 2 is 2.38 bits per heavy atom. The molecule has 3 nitrogen and oxygen atoms in total. The Morgan fingerprint density at radius 1 is 1.62 bits per heavy atom. The SMILES string of the molecule is CONCc1ccc(Br)cc1C#N. The van der Waals surface area contributed by atoms with Gasteiger partial charge in [0, 0.05) is 11.0 Å². The fourth-order valence-corrected chi connectivity index (χ4v) is 1.32. The summed E-state index contributed by atoms with van der Waals surface area (Å²) < 4.78 is 0.908. The van der Waals surface area contributed by atoms with Gasteiger partial charge in [0.15, 0.2) is 0 Å². The van der Waals surface area contributed by atoms with E-state index < -0.39 is 0 Å². The second-order valence-corrected chi connectivity index (χ2v) is 3.35. The molecule has 0 fully saturated rings. The number of halogens is 1. The molecule has 0 aliphatic heterocycles. The Labute approximate surface area is 85.4 Å². The second kappa shape index (κ2) is 4.97. The number of nitrogens with zero attached hydrogens (tertiary/aromatic N) is 1. The Kier molecular flexibility index (Phi) is 3.90. The molecule has 0 aliphatic rings. The van der Waals surface area contributed by atoms with E-state index >= 15 is 0 Å². The average Bonchev–Trinajstić information content (AvgIpc) is 2.16. The van der Waals surface area contributed by atoms with Gasteiger partial charge in [-0.1, -0.05) is 22.0 Å². The van der Waals surface area contributed by atoms with Crippen molar-refractivity contribution in [3.63, 3.8) is 0 Å². The molecule has 0 amide bonds. The van der Waals surface area contributed by atoms with Crippen LogP contribution in [-0.4, -0.2) is 7.11 Å². The lowest BCUT2D eigenvalue weighted by molar-refractivity contribution is 0.0866. The molecular weight excluding hydrogens is 232 g/mol. The summed E-state index contributed by atoms with van der Waals surface area (Å²) in [5.74, 6) is 0. The lowest BCUT2D eigenvalue weighted by Gasteiger charge is -2.04. The highest BCUT2D eigenvalue weighted by atomic mass is 79.9. The van der Waals surface area contributed by atoms with Gasteiger partial charge in [-0.15, -0.1) is 0 Å². The summed E-state index contributed by atoms with van der Waals surface area (Å²) in [5.41, 5.74) is 4.27. The molecular formula is C9H9BrN2O. The summed E-state index contributed by atoms with van der Waals surface area (Å²) in [6.07, 6.45) is 0. The largest absolute Gasteiger partial charge is 0.305 e. The third-order valence-electron chi connectivity index (χ3n) is 1.60. The summed E-state index contributed by atoms with van der Waals surface area (Å²) >= 11 is 3.30. The van der Waals surface area contributed by atoms with Gasteiger partial charge in [0.1, 0.15) is 0 Å². The van der Waals surface area contributed by atoms with Crippen molar-refractivity contribution in [2.75, 3.05) is 7.11 Å². The van der Waals surface area contributed by atoms with Crippen LogP contribution in [0.3, 0.4) is 0 Å². The number of nitrogens with one attached hydrogen (secondary N) is 1. The van der Waals surface area contributed by atoms with E-state index in [4.69, 9.17) is 10.1 Å². The molecule has 0 saturated heterocycles. The predicted molar refractivity (Wildman–Crippen MR) is 52.7 cm³/mol. The predicted octanol–water partition coefficient (Wildman–Crippen LogP) is 1.97.